The molecule has 3 rings (SSSR count). The number of anilines is 1. The van der Waals surface area contributed by atoms with Gasteiger partial charge in [0.15, 0.2) is 5.69 Å². The van der Waals surface area contributed by atoms with Gasteiger partial charge in [-0.25, -0.2) is 14.8 Å². The van der Waals surface area contributed by atoms with Gasteiger partial charge in [0.05, 0.1) is 24.6 Å². The zero-order valence-electron chi connectivity index (χ0n) is 10.0. The highest BCUT2D eigenvalue weighted by Crippen LogP contribution is 2.38. The quantitative estimate of drug-likeness (QED) is 0.840. The van der Waals surface area contributed by atoms with Crippen LogP contribution >= 0.6 is 0 Å². The molecule has 0 unspecified atom stereocenters. The minimum absolute atomic E-state index is 0.00536. The van der Waals surface area contributed by atoms with Gasteiger partial charge in [-0.3, -0.25) is 0 Å². The van der Waals surface area contributed by atoms with Crippen molar-refractivity contribution in [2.24, 2.45) is 0 Å². The van der Waals surface area contributed by atoms with E-state index in [1.807, 2.05) is 0 Å². The minimum Gasteiger partial charge on any atom is -0.476 e. The van der Waals surface area contributed by atoms with Gasteiger partial charge in [0.2, 0.25) is 0 Å². The molecule has 1 aliphatic heterocycles. The fourth-order valence-electron chi connectivity index (χ4n) is 2.51. The molecular formula is C12H15N3O3. The Morgan fingerprint density at radius 2 is 2.22 bits per heavy atom. The van der Waals surface area contributed by atoms with Crippen LogP contribution in [0.3, 0.4) is 0 Å². The van der Waals surface area contributed by atoms with Crippen molar-refractivity contribution in [3.05, 3.63) is 18.1 Å². The standard InChI is InChI=1S/C12H15N3O3/c16-11(17)9-6-14-10(7-13-9)15-4-5-18-12(8-15)2-1-3-12/h6-7H,1-5,8H2,(H,16,17). The first-order valence-corrected chi connectivity index (χ1v) is 6.13. The summed E-state index contributed by atoms with van der Waals surface area (Å²) in [5, 5.41) is 8.78. The number of morpholine rings is 1. The van der Waals surface area contributed by atoms with Crippen LogP contribution in [0.2, 0.25) is 0 Å². The Morgan fingerprint density at radius 3 is 2.78 bits per heavy atom. The van der Waals surface area contributed by atoms with Crippen molar-refractivity contribution in [3.8, 4) is 0 Å². The summed E-state index contributed by atoms with van der Waals surface area (Å²) in [6.07, 6.45) is 6.26. The summed E-state index contributed by atoms with van der Waals surface area (Å²) >= 11 is 0. The van der Waals surface area contributed by atoms with E-state index in [1.54, 1.807) is 0 Å². The first kappa shape index (κ1) is 11.4. The van der Waals surface area contributed by atoms with E-state index in [-0.39, 0.29) is 11.3 Å². The number of hydrogen-bond donors (Lipinski definition) is 1. The van der Waals surface area contributed by atoms with Crippen molar-refractivity contribution in [1.82, 2.24) is 9.97 Å². The molecule has 0 amide bonds. The van der Waals surface area contributed by atoms with Crippen molar-refractivity contribution in [2.45, 2.75) is 24.9 Å². The molecule has 0 aromatic carbocycles. The first-order valence-electron chi connectivity index (χ1n) is 6.13. The first-order chi connectivity index (χ1) is 8.69. The molecule has 96 valence electrons. The van der Waals surface area contributed by atoms with Crippen molar-refractivity contribution in [1.29, 1.82) is 0 Å². The number of rotatable bonds is 2. The molecule has 2 heterocycles. The third-order valence-corrected chi connectivity index (χ3v) is 3.69. The van der Waals surface area contributed by atoms with E-state index in [1.165, 1.54) is 18.8 Å². The number of nitrogens with zero attached hydrogens (tertiary/aromatic N) is 3. The van der Waals surface area contributed by atoms with E-state index in [2.05, 4.69) is 14.9 Å². The van der Waals surface area contributed by atoms with Crippen LogP contribution in [0.5, 0.6) is 0 Å². The average molecular weight is 249 g/mol. The van der Waals surface area contributed by atoms with Crippen LogP contribution < -0.4 is 4.90 Å². The lowest BCUT2D eigenvalue weighted by molar-refractivity contribution is -0.106. The molecule has 0 bridgehead atoms. The Hall–Kier alpha value is -1.69. The van der Waals surface area contributed by atoms with Gasteiger partial charge in [0.25, 0.3) is 0 Å². The van der Waals surface area contributed by atoms with Gasteiger partial charge in [-0.1, -0.05) is 0 Å². The van der Waals surface area contributed by atoms with Gasteiger partial charge >= 0.3 is 5.97 Å². The van der Waals surface area contributed by atoms with Gasteiger partial charge in [0, 0.05) is 13.1 Å². The average Bonchev–Trinajstić information content (AvgIpc) is 2.37. The Balaban J connectivity index is 1.75. The Kier molecular flexibility index (Phi) is 2.66. The van der Waals surface area contributed by atoms with Gasteiger partial charge in [0.1, 0.15) is 5.82 Å². The van der Waals surface area contributed by atoms with E-state index in [4.69, 9.17) is 9.84 Å². The summed E-state index contributed by atoms with van der Waals surface area (Å²) in [5.41, 5.74) is -0.0175. The predicted octanol–water partition coefficient (Wildman–Crippen LogP) is 0.934. The molecular weight excluding hydrogens is 234 g/mol. The van der Waals surface area contributed by atoms with Crippen molar-refractivity contribution in [2.75, 3.05) is 24.6 Å². The lowest BCUT2D eigenvalue weighted by Crippen LogP contribution is -2.56. The highest BCUT2D eigenvalue weighted by atomic mass is 16.5. The van der Waals surface area contributed by atoms with Crippen LogP contribution in [-0.2, 0) is 4.74 Å². The second kappa shape index (κ2) is 4.20. The molecule has 1 saturated heterocycles. The number of carboxylic acids is 1. The predicted molar refractivity (Wildman–Crippen MR) is 63.7 cm³/mol. The third-order valence-electron chi connectivity index (χ3n) is 3.69. The van der Waals surface area contributed by atoms with Gasteiger partial charge in [-0.2, -0.15) is 0 Å². The van der Waals surface area contributed by atoms with E-state index in [0.29, 0.717) is 6.61 Å². The second-order valence-electron chi connectivity index (χ2n) is 4.87. The third kappa shape index (κ3) is 1.92. The number of ether oxygens (including phenoxy) is 1. The zero-order chi connectivity index (χ0) is 12.6. The Labute approximate surface area is 105 Å². The van der Waals surface area contributed by atoms with Crippen molar-refractivity contribution in [3.63, 3.8) is 0 Å². The maximum atomic E-state index is 10.7. The molecule has 2 fully saturated rings. The number of carbonyl (C=O) groups is 1. The molecule has 1 aliphatic carbocycles. The molecule has 2 aliphatic rings. The fourth-order valence-corrected chi connectivity index (χ4v) is 2.51. The van der Waals surface area contributed by atoms with Crippen LogP contribution in [-0.4, -0.2) is 46.3 Å². The van der Waals surface area contributed by atoms with Crippen molar-refractivity contribution < 1.29 is 14.6 Å². The summed E-state index contributed by atoms with van der Waals surface area (Å²) in [6.45, 7) is 2.30. The molecule has 18 heavy (non-hydrogen) atoms. The molecule has 1 aromatic heterocycles. The maximum absolute atomic E-state index is 10.7. The van der Waals surface area contributed by atoms with Crippen LogP contribution in [0.25, 0.3) is 0 Å². The lowest BCUT2D eigenvalue weighted by Gasteiger charge is -2.48. The van der Waals surface area contributed by atoms with Gasteiger partial charge < -0.3 is 14.7 Å². The minimum atomic E-state index is -1.05. The molecule has 1 spiro atoms. The summed E-state index contributed by atoms with van der Waals surface area (Å²) < 4.78 is 5.83. The van der Waals surface area contributed by atoms with Crippen LogP contribution in [0.1, 0.15) is 29.8 Å². The highest BCUT2D eigenvalue weighted by molar-refractivity contribution is 5.84. The monoisotopic (exact) mass is 249 g/mol. The van der Waals surface area contributed by atoms with Crippen LogP contribution in [0.4, 0.5) is 5.82 Å². The molecule has 6 nitrogen and oxygen atoms in total. The number of aromatic carboxylic acids is 1. The van der Waals surface area contributed by atoms with Crippen molar-refractivity contribution >= 4 is 11.8 Å². The highest BCUT2D eigenvalue weighted by Gasteiger charge is 2.42. The van der Waals surface area contributed by atoms with E-state index >= 15 is 0 Å². The lowest BCUT2D eigenvalue weighted by atomic mass is 9.79. The van der Waals surface area contributed by atoms with Crippen LogP contribution in [0, 0.1) is 0 Å². The van der Waals surface area contributed by atoms with Crippen LogP contribution in [0.15, 0.2) is 12.4 Å². The fraction of sp³-hybridized carbons (Fsp3) is 0.583. The summed E-state index contributed by atoms with van der Waals surface area (Å²) in [4.78, 5) is 20.9. The molecule has 1 saturated carbocycles. The normalized spacial score (nSPS) is 21.7. The Bertz CT molecular complexity index is 456. The summed E-state index contributed by atoms with van der Waals surface area (Å²) in [6, 6.07) is 0. The van der Waals surface area contributed by atoms with Gasteiger partial charge in [-0.05, 0) is 19.3 Å². The summed E-state index contributed by atoms with van der Waals surface area (Å²) in [7, 11) is 0. The Morgan fingerprint density at radius 1 is 1.39 bits per heavy atom. The number of aromatic nitrogens is 2. The van der Waals surface area contributed by atoms with E-state index < -0.39 is 5.97 Å². The molecule has 1 N–H and O–H groups in total. The topological polar surface area (TPSA) is 75.5 Å². The molecule has 0 radical (unpaired) electrons. The number of hydrogen-bond acceptors (Lipinski definition) is 5. The largest absolute Gasteiger partial charge is 0.476 e. The second-order valence-corrected chi connectivity index (χ2v) is 4.87. The molecule has 1 aromatic rings. The number of carboxylic acid groups (broad SMARTS) is 1. The van der Waals surface area contributed by atoms with Gasteiger partial charge in [-0.15, -0.1) is 0 Å². The smallest absolute Gasteiger partial charge is 0.356 e. The maximum Gasteiger partial charge on any atom is 0.356 e. The molecule has 0 atom stereocenters. The molecule has 6 heteroatoms. The van der Waals surface area contributed by atoms with E-state index in [9.17, 15) is 4.79 Å². The zero-order valence-corrected chi connectivity index (χ0v) is 10.0. The SMILES string of the molecule is O=C(O)c1cnc(N2CCOC3(CCC3)C2)cn1. The summed E-state index contributed by atoms with van der Waals surface area (Å²) in [5.74, 6) is -0.318. The van der Waals surface area contributed by atoms with E-state index in [0.717, 1.165) is 31.7 Å².